The van der Waals surface area contributed by atoms with Crippen molar-refractivity contribution in [2.45, 2.75) is 12.0 Å². The Labute approximate surface area is 171 Å². The Morgan fingerprint density at radius 1 is 1.14 bits per heavy atom. The molecule has 1 aromatic heterocycles. The minimum absolute atomic E-state index is 0.0944. The summed E-state index contributed by atoms with van der Waals surface area (Å²) in [7, 11) is 1.55. The number of nitrogens with one attached hydrogen (secondary N) is 1. The number of benzene rings is 2. The molecule has 0 radical (unpaired) electrons. The summed E-state index contributed by atoms with van der Waals surface area (Å²) in [5.41, 5.74) is 0.0745. The predicted molar refractivity (Wildman–Crippen MR) is 111 cm³/mol. The Kier molecular flexibility index (Phi) is 4.83. The average Bonchev–Trinajstić information content (AvgIpc) is 3.22. The van der Waals surface area contributed by atoms with E-state index in [0.29, 0.717) is 22.1 Å². The summed E-state index contributed by atoms with van der Waals surface area (Å²) in [4.78, 5) is 28.4. The van der Waals surface area contributed by atoms with Crippen LogP contribution in [-0.4, -0.2) is 18.9 Å². The first-order valence-corrected chi connectivity index (χ1v) is 9.89. The molecule has 0 aliphatic carbocycles. The van der Waals surface area contributed by atoms with Gasteiger partial charge in [0, 0.05) is 15.6 Å². The molecule has 142 valence electrons. The van der Waals surface area contributed by atoms with Gasteiger partial charge in [-0.3, -0.25) is 14.5 Å². The van der Waals surface area contributed by atoms with Gasteiger partial charge in [0.25, 0.3) is 5.91 Å². The normalized spacial score (nSPS) is 18.5. The van der Waals surface area contributed by atoms with E-state index in [4.69, 9.17) is 16.3 Å². The number of nitrogens with zero attached hydrogens (tertiary/aromatic N) is 1. The topological polar surface area (TPSA) is 58.6 Å². The van der Waals surface area contributed by atoms with Crippen LogP contribution in [0.1, 0.15) is 11.3 Å². The lowest BCUT2D eigenvalue weighted by molar-refractivity contribution is -0.137. The van der Waals surface area contributed by atoms with Gasteiger partial charge in [-0.05, 0) is 47.8 Å². The standard InChI is InChI=1S/C21H17ClN2O3S/c1-27-17-6-3-2-5-16(17)23-20(26)21(18-7-4-12-28-18)13-19(25)24(21)15-10-8-14(22)9-11-15/h2-12H,13H2,1H3,(H,23,26)/t21-/m0/s1. The number of β-lactam (4-membered cyclic amide) rings is 1. The SMILES string of the molecule is COc1ccccc1NC(=O)[C@@]1(c2cccs2)CC(=O)N1c1ccc(Cl)cc1. The van der Waals surface area contributed by atoms with E-state index >= 15 is 0 Å². The summed E-state index contributed by atoms with van der Waals surface area (Å²) in [6.07, 6.45) is 0.0944. The van der Waals surface area contributed by atoms with Crippen LogP contribution in [0.4, 0.5) is 11.4 Å². The molecule has 7 heteroatoms. The summed E-state index contributed by atoms with van der Waals surface area (Å²) in [6, 6.07) is 17.9. The van der Waals surface area contributed by atoms with Crippen molar-refractivity contribution in [2.24, 2.45) is 0 Å². The Bertz CT molecular complexity index is 1020. The molecule has 0 bridgehead atoms. The highest BCUT2D eigenvalue weighted by Gasteiger charge is 2.59. The fourth-order valence-corrected chi connectivity index (χ4v) is 4.47. The number of methoxy groups -OCH3 is 1. The van der Waals surface area contributed by atoms with E-state index in [-0.39, 0.29) is 18.2 Å². The highest BCUT2D eigenvalue weighted by Crippen LogP contribution is 2.47. The van der Waals surface area contributed by atoms with Gasteiger partial charge in [0.15, 0.2) is 5.54 Å². The molecular weight excluding hydrogens is 396 g/mol. The first-order chi connectivity index (χ1) is 13.6. The molecule has 1 aliphatic heterocycles. The van der Waals surface area contributed by atoms with Crippen molar-refractivity contribution < 1.29 is 14.3 Å². The van der Waals surface area contributed by atoms with Crippen LogP contribution in [0, 0.1) is 0 Å². The number of ether oxygens (including phenoxy) is 1. The summed E-state index contributed by atoms with van der Waals surface area (Å²) in [5, 5.41) is 5.41. The van der Waals surface area contributed by atoms with Crippen LogP contribution in [0.2, 0.25) is 5.02 Å². The van der Waals surface area contributed by atoms with Gasteiger partial charge in [0.05, 0.1) is 19.2 Å². The first kappa shape index (κ1) is 18.5. The average molecular weight is 413 g/mol. The van der Waals surface area contributed by atoms with Gasteiger partial charge >= 0.3 is 0 Å². The Morgan fingerprint density at radius 2 is 1.89 bits per heavy atom. The number of carbonyl (C=O) groups excluding carboxylic acids is 2. The lowest BCUT2D eigenvalue weighted by atomic mass is 9.80. The molecule has 5 nitrogen and oxygen atoms in total. The highest BCUT2D eigenvalue weighted by atomic mass is 35.5. The van der Waals surface area contributed by atoms with Crippen LogP contribution in [0.15, 0.2) is 66.0 Å². The van der Waals surface area contributed by atoms with Crippen LogP contribution in [0.25, 0.3) is 0 Å². The van der Waals surface area contributed by atoms with Crippen molar-refractivity contribution in [3.63, 3.8) is 0 Å². The number of rotatable bonds is 5. The zero-order valence-corrected chi connectivity index (χ0v) is 16.6. The molecule has 3 aromatic rings. The number of hydrogen-bond acceptors (Lipinski definition) is 4. The van der Waals surface area contributed by atoms with Crippen LogP contribution < -0.4 is 15.0 Å². The summed E-state index contributed by atoms with van der Waals surface area (Å²) in [6.45, 7) is 0. The molecule has 1 N–H and O–H groups in total. The molecule has 2 amide bonds. The smallest absolute Gasteiger partial charge is 0.256 e. The number of anilines is 2. The molecule has 0 unspecified atom stereocenters. The summed E-state index contributed by atoms with van der Waals surface area (Å²) in [5.74, 6) is 0.153. The van der Waals surface area contributed by atoms with Crippen molar-refractivity contribution in [3.05, 3.63) is 75.9 Å². The van der Waals surface area contributed by atoms with Crippen LogP contribution in [0.3, 0.4) is 0 Å². The van der Waals surface area contributed by atoms with Gasteiger partial charge in [-0.25, -0.2) is 0 Å². The summed E-state index contributed by atoms with van der Waals surface area (Å²) >= 11 is 7.44. The van der Waals surface area contributed by atoms with Gasteiger partial charge in [-0.1, -0.05) is 29.8 Å². The molecule has 4 rings (SSSR count). The quantitative estimate of drug-likeness (QED) is 0.619. The number of hydrogen-bond donors (Lipinski definition) is 1. The fourth-order valence-electron chi connectivity index (χ4n) is 3.43. The number of amides is 2. The van der Waals surface area contributed by atoms with Crippen LogP contribution in [0.5, 0.6) is 5.75 Å². The van der Waals surface area contributed by atoms with E-state index in [0.717, 1.165) is 4.88 Å². The van der Waals surface area contributed by atoms with Gasteiger partial charge in [-0.2, -0.15) is 0 Å². The van der Waals surface area contributed by atoms with Crippen molar-refractivity contribution >= 4 is 46.1 Å². The Balaban J connectivity index is 1.76. The number of carbonyl (C=O) groups is 2. The van der Waals surface area contributed by atoms with Gasteiger partial charge in [-0.15, -0.1) is 11.3 Å². The zero-order chi connectivity index (χ0) is 19.7. The van der Waals surface area contributed by atoms with Crippen LogP contribution in [-0.2, 0) is 15.1 Å². The van der Waals surface area contributed by atoms with Gasteiger partial charge in [0.1, 0.15) is 5.75 Å². The van der Waals surface area contributed by atoms with E-state index in [1.165, 1.54) is 11.3 Å². The first-order valence-electron chi connectivity index (χ1n) is 8.63. The maximum absolute atomic E-state index is 13.5. The van der Waals surface area contributed by atoms with E-state index in [9.17, 15) is 9.59 Å². The molecule has 2 aromatic carbocycles. The monoisotopic (exact) mass is 412 g/mol. The molecule has 1 aliphatic rings. The minimum Gasteiger partial charge on any atom is -0.495 e. The molecule has 28 heavy (non-hydrogen) atoms. The molecule has 0 saturated carbocycles. The molecule has 1 saturated heterocycles. The fraction of sp³-hybridized carbons (Fsp3) is 0.143. The number of halogens is 1. The molecule has 2 heterocycles. The lowest BCUT2D eigenvalue weighted by Gasteiger charge is -2.49. The number of thiophene rings is 1. The van der Waals surface area contributed by atoms with Crippen molar-refractivity contribution in [1.29, 1.82) is 0 Å². The minimum atomic E-state index is -1.11. The maximum Gasteiger partial charge on any atom is 0.256 e. The van der Waals surface area contributed by atoms with E-state index < -0.39 is 5.54 Å². The third kappa shape index (κ3) is 2.95. The zero-order valence-electron chi connectivity index (χ0n) is 15.0. The second-order valence-electron chi connectivity index (χ2n) is 6.37. The van der Waals surface area contributed by atoms with Gasteiger partial charge in [0.2, 0.25) is 5.91 Å². The molecule has 1 fully saturated rings. The van der Waals surface area contributed by atoms with Crippen molar-refractivity contribution in [1.82, 2.24) is 0 Å². The predicted octanol–water partition coefficient (Wildman–Crippen LogP) is 4.68. The Morgan fingerprint density at radius 3 is 2.54 bits per heavy atom. The Hall–Kier alpha value is -2.83. The number of para-hydroxylation sites is 2. The molecule has 0 spiro atoms. The molecular formula is C21H17ClN2O3S. The summed E-state index contributed by atoms with van der Waals surface area (Å²) < 4.78 is 5.34. The largest absolute Gasteiger partial charge is 0.495 e. The second-order valence-corrected chi connectivity index (χ2v) is 7.76. The highest BCUT2D eigenvalue weighted by molar-refractivity contribution is 7.10. The molecule has 1 atom stereocenters. The van der Waals surface area contributed by atoms with Crippen LogP contribution >= 0.6 is 22.9 Å². The van der Waals surface area contributed by atoms with E-state index in [2.05, 4.69) is 5.32 Å². The second kappa shape index (κ2) is 7.30. The third-order valence-electron chi connectivity index (χ3n) is 4.78. The van der Waals surface area contributed by atoms with E-state index in [1.807, 2.05) is 29.6 Å². The third-order valence-corrected chi connectivity index (χ3v) is 6.06. The maximum atomic E-state index is 13.5. The van der Waals surface area contributed by atoms with E-state index in [1.54, 1.807) is 48.4 Å². The lowest BCUT2D eigenvalue weighted by Crippen LogP contribution is -2.67. The van der Waals surface area contributed by atoms with Crippen molar-refractivity contribution in [3.8, 4) is 5.75 Å². The van der Waals surface area contributed by atoms with Crippen molar-refractivity contribution in [2.75, 3.05) is 17.3 Å². The van der Waals surface area contributed by atoms with Gasteiger partial charge < -0.3 is 10.1 Å².